The maximum Gasteiger partial charge on any atom is 0.251 e. The summed E-state index contributed by atoms with van der Waals surface area (Å²) in [5.41, 5.74) is 2.89. The number of sulfone groups is 1. The van der Waals surface area contributed by atoms with Gasteiger partial charge in [-0.1, -0.05) is 18.3 Å². The van der Waals surface area contributed by atoms with Gasteiger partial charge in [-0.15, -0.1) is 0 Å². The van der Waals surface area contributed by atoms with Crippen molar-refractivity contribution in [1.82, 2.24) is 31.0 Å². The van der Waals surface area contributed by atoms with Crippen molar-refractivity contribution in [1.29, 1.82) is 0 Å². The van der Waals surface area contributed by atoms with Crippen LogP contribution in [0.25, 0.3) is 0 Å². The lowest BCUT2D eigenvalue weighted by atomic mass is 10.0. The van der Waals surface area contributed by atoms with Crippen molar-refractivity contribution in [3.05, 3.63) is 82.7 Å². The number of amides is 2. The standard InChI is InChI=1S/C35H44N6O4S/c42-34(38-19-22-41-20-2-1-3-21-41)30-9-6-27(7-10-30)8-11-31-23-32(35(43)37-16-4-5-29-24-39-40-25-29)12-13-33(31)46(44,45)26-28-14-17-36-18-15-28/h6-7,9-10,12-13,23-25,28,36H,1-5,14-22,26H2,(H,37,43)(H,38,42)(H,39,40). The number of H-pyrrole nitrogens is 1. The normalized spacial score (nSPS) is 15.9. The summed E-state index contributed by atoms with van der Waals surface area (Å²) < 4.78 is 27.2. The predicted octanol–water partition coefficient (Wildman–Crippen LogP) is 3.16. The summed E-state index contributed by atoms with van der Waals surface area (Å²) in [6, 6.07) is 11.6. The summed E-state index contributed by atoms with van der Waals surface area (Å²) in [6.07, 6.45) is 10.4. The van der Waals surface area contributed by atoms with Gasteiger partial charge in [0.2, 0.25) is 0 Å². The molecule has 11 heteroatoms. The van der Waals surface area contributed by atoms with E-state index in [9.17, 15) is 18.0 Å². The number of aromatic nitrogens is 2. The molecule has 10 nitrogen and oxygen atoms in total. The second-order valence-electron chi connectivity index (χ2n) is 12.1. The van der Waals surface area contributed by atoms with Crippen molar-refractivity contribution < 1.29 is 18.0 Å². The molecular formula is C35H44N6O4S. The Hall–Kier alpha value is -3.98. The van der Waals surface area contributed by atoms with E-state index >= 15 is 0 Å². The fourth-order valence-electron chi connectivity index (χ4n) is 5.96. The molecule has 3 heterocycles. The minimum atomic E-state index is -3.65. The van der Waals surface area contributed by atoms with E-state index in [0.29, 0.717) is 35.3 Å². The van der Waals surface area contributed by atoms with Crippen LogP contribution in [0.5, 0.6) is 0 Å². The number of carbonyl (C=O) groups excluding carboxylic acids is 2. The van der Waals surface area contributed by atoms with E-state index in [1.54, 1.807) is 42.6 Å². The van der Waals surface area contributed by atoms with Crippen LogP contribution in [0.1, 0.15) is 75.9 Å². The first kappa shape index (κ1) is 33.4. The van der Waals surface area contributed by atoms with Crippen LogP contribution in [0.2, 0.25) is 0 Å². The molecule has 244 valence electrons. The third-order valence-corrected chi connectivity index (χ3v) is 10.6. The summed E-state index contributed by atoms with van der Waals surface area (Å²) >= 11 is 0. The molecule has 0 atom stereocenters. The summed E-state index contributed by atoms with van der Waals surface area (Å²) in [5.74, 6) is 5.80. The molecule has 2 fully saturated rings. The molecule has 2 aliphatic heterocycles. The largest absolute Gasteiger partial charge is 0.352 e. The van der Waals surface area contributed by atoms with E-state index in [2.05, 4.69) is 42.9 Å². The Morgan fingerprint density at radius 2 is 1.63 bits per heavy atom. The zero-order chi connectivity index (χ0) is 32.2. The van der Waals surface area contributed by atoms with Crippen molar-refractivity contribution in [2.45, 2.75) is 49.8 Å². The average Bonchev–Trinajstić information content (AvgIpc) is 3.60. The molecule has 4 N–H and O–H groups in total. The van der Waals surface area contributed by atoms with E-state index in [4.69, 9.17) is 0 Å². The van der Waals surface area contributed by atoms with Gasteiger partial charge in [0.15, 0.2) is 9.84 Å². The van der Waals surface area contributed by atoms with Crippen LogP contribution in [-0.2, 0) is 16.3 Å². The molecule has 0 saturated carbocycles. The number of benzene rings is 2. The first-order valence-electron chi connectivity index (χ1n) is 16.3. The summed E-state index contributed by atoms with van der Waals surface area (Å²) in [4.78, 5) is 28.2. The first-order chi connectivity index (χ1) is 22.4. The first-order valence-corrected chi connectivity index (χ1v) is 18.0. The Balaban J connectivity index is 1.27. The highest BCUT2D eigenvalue weighted by Gasteiger charge is 2.25. The van der Waals surface area contributed by atoms with Crippen LogP contribution in [0.3, 0.4) is 0 Å². The Kier molecular flexibility index (Phi) is 12.0. The van der Waals surface area contributed by atoms with Gasteiger partial charge in [0, 0.05) is 48.1 Å². The van der Waals surface area contributed by atoms with Crippen molar-refractivity contribution in [3.8, 4) is 11.8 Å². The second kappa shape index (κ2) is 16.5. The molecule has 5 rings (SSSR count). The molecule has 0 unspecified atom stereocenters. The quantitative estimate of drug-likeness (QED) is 0.176. The smallest absolute Gasteiger partial charge is 0.251 e. The Bertz CT molecular complexity index is 1620. The number of carbonyl (C=O) groups is 2. The molecule has 0 bridgehead atoms. The molecule has 0 radical (unpaired) electrons. The maximum absolute atomic E-state index is 13.6. The zero-order valence-electron chi connectivity index (χ0n) is 26.3. The van der Waals surface area contributed by atoms with Crippen molar-refractivity contribution in [2.24, 2.45) is 5.92 Å². The van der Waals surface area contributed by atoms with Crippen LogP contribution in [0.4, 0.5) is 0 Å². The van der Waals surface area contributed by atoms with E-state index in [1.165, 1.54) is 25.3 Å². The lowest BCUT2D eigenvalue weighted by molar-refractivity contribution is 0.0941. The number of piperidine rings is 2. The maximum atomic E-state index is 13.6. The number of aryl methyl sites for hydroxylation is 1. The SMILES string of the molecule is O=C(NCCCc1cn[nH]c1)c1ccc(S(=O)(=O)CC2CCNCC2)c(C#Cc2ccc(C(=O)NCCN3CCCCC3)cc2)c1. The number of nitrogens with one attached hydrogen (secondary N) is 4. The fourth-order valence-corrected chi connectivity index (χ4v) is 7.81. The highest BCUT2D eigenvalue weighted by Crippen LogP contribution is 2.24. The van der Waals surface area contributed by atoms with Crippen LogP contribution in [0.15, 0.2) is 59.8 Å². The monoisotopic (exact) mass is 644 g/mol. The molecule has 2 saturated heterocycles. The minimum Gasteiger partial charge on any atom is -0.352 e. The van der Waals surface area contributed by atoms with Crippen LogP contribution < -0.4 is 16.0 Å². The topological polar surface area (TPSA) is 136 Å². The average molecular weight is 645 g/mol. The van der Waals surface area contributed by atoms with Gasteiger partial charge in [0.1, 0.15) is 0 Å². The summed E-state index contributed by atoms with van der Waals surface area (Å²) in [5, 5.41) is 15.9. The molecule has 2 aromatic carbocycles. The number of likely N-dealkylation sites (tertiary alicyclic amines) is 1. The van der Waals surface area contributed by atoms with E-state index in [-0.39, 0.29) is 28.4 Å². The number of rotatable bonds is 12. The third kappa shape index (κ3) is 9.76. The van der Waals surface area contributed by atoms with Crippen molar-refractivity contribution in [3.63, 3.8) is 0 Å². The number of nitrogens with zero attached hydrogens (tertiary/aromatic N) is 2. The molecule has 46 heavy (non-hydrogen) atoms. The Morgan fingerprint density at radius 3 is 2.37 bits per heavy atom. The lowest BCUT2D eigenvalue weighted by Gasteiger charge is -2.26. The van der Waals surface area contributed by atoms with Gasteiger partial charge in [0.25, 0.3) is 11.8 Å². The molecule has 2 amide bonds. The third-order valence-electron chi connectivity index (χ3n) is 8.62. The lowest BCUT2D eigenvalue weighted by Crippen LogP contribution is -2.37. The molecule has 0 spiro atoms. The van der Waals surface area contributed by atoms with E-state index in [1.807, 2.05) is 6.20 Å². The predicted molar refractivity (Wildman–Crippen MR) is 178 cm³/mol. The number of hydrogen-bond donors (Lipinski definition) is 4. The summed E-state index contributed by atoms with van der Waals surface area (Å²) in [6.45, 7) is 5.70. The Labute approximate surface area is 272 Å². The molecule has 0 aliphatic carbocycles. The van der Waals surface area contributed by atoms with Gasteiger partial charge in [-0.05, 0) is 119 Å². The molecule has 1 aromatic heterocycles. The fraction of sp³-hybridized carbons (Fsp3) is 0.457. The van der Waals surface area contributed by atoms with Gasteiger partial charge in [-0.3, -0.25) is 14.7 Å². The zero-order valence-corrected chi connectivity index (χ0v) is 27.1. The molecular weight excluding hydrogens is 600 g/mol. The van der Waals surface area contributed by atoms with Crippen LogP contribution in [-0.4, -0.2) is 86.9 Å². The van der Waals surface area contributed by atoms with Gasteiger partial charge in [-0.2, -0.15) is 5.10 Å². The Morgan fingerprint density at radius 1 is 0.913 bits per heavy atom. The van der Waals surface area contributed by atoms with Crippen molar-refractivity contribution >= 4 is 21.7 Å². The van der Waals surface area contributed by atoms with Crippen LogP contribution in [0, 0.1) is 17.8 Å². The highest BCUT2D eigenvalue weighted by atomic mass is 32.2. The minimum absolute atomic E-state index is 0.0461. The second-order valence-corrected chi connectivity index (χ2v) is 14.1. The number of aromatic amines is 1. The van der Waals surface area contributed by atoms with Gasteiger partial charge < -0.3 is 20.9 Å². The molecule has 3 aromatic rings. The van der Waals surface area contributed by atoms with Crippen LogP contribution >= 0.6 is 0 Å². The summed E-state index contributed by atoms with van der Waals surface area (Å²) in [7, 11) is -3.65. The highest BCUT2D eigenvalue weighted by molar-refractivity contribution is 7.91. The van der Waals surface area contributed by atoms with Crippen molar-refractivity contribution in [2.75, 3.05) is 51.6 Å². The molecule has 2 aliphatic rings. The van der Waals surface area contributed by atoms with E-state index < -0.39 is 9.84 Å². The van der Waals surface area contributed by atoms with Gasteiger partial charge in [-0.25, -0.2) is 8.42 Å². The number of hydrogen-bond acceptors (Lipinski definition) is 7. The van der Waals surface area contributed by atoms with E-state index in [0.717, 1.165) is 64.0 Å². The van der Waals surface area contributed by atoms with Gasteiger partial charge >= 0.3 is 0 Å². The van der Waals surface area contributed by atoms with Gasteiger partial charge in [0.05, 0.1) is 16.8 Å².